The first-order valence-electron chi connectivity index (χ1n) is 10.1. The Labute approximate surface area is 138 Å². The first-order valence-corrected chi connectivity index (χ1v) is 10.1. The molecule has 0 unspecified atom stereocenters. The minimum Gasteiger partial charge on any atom is -0.120 e. The molecule has 0 aromatic heterocycles. The third kappa shape index (κ3) is 3.39. The molecule has 0 N–H and O–H groups in total. The molecular formula is C22H36. The van der Waals surface area contributed by atoms with Crippen LogP contribution in [0.15, 0.2) is 0 Å². The van der Waals surface area contributed by atoms with Gasteiger partial charge in [0.2, 0.25) is 0 Å². The molecule has 0 bridgehead atoms. The second kappa shape index (κ2) is 6.98. The summed E-state index contributed by atoms with van der Waals surface area (Å²) in [5.41, 5.74) is 0.276. The number of hydrogen-bond donors (Lipinski definition) is 0. The predicted molar refractivity (Wildman–Crippen MR) is 95.5 cm³/mol. The molecule has 3 fully saturated rings. The molecule has 0 heterocycles. The summed E-state index contributed by atoms with van der Waals surface area (Å²) in [4.78, 5) is 0. The molecule has 0 heteroatoms. The molecule has 3 aliphatic rings. The molecule has 0 nitrogen and oxygen atoms in total. The van der Waals surface area contributed by atoms with Gasteiger partial charge in [0.25, 0.3) is 0 Å². The second-order valence-electron chi connectivity index (χ2n) is 9.11. The Morgan fingerprint density at radius 1 is 0.682 bits per heavy atom. The Bertz CT molecular complexity index is 377. The highest BCUT2D eigenvalue weighted by Crippen LogP contribution is 2.52. The SMILES string of the molecule is C#CC1(C2CCC(C)CC2)CCC(C2CCC(C)CC2)CC1. The van der Waals surface area contributed by atoms with Gasteiger partial charge in [0.1, 0.15) is 0 Å². The van der Waals surface area contributed by atoms with Crippen LogP contribution in [0.25, 0.3) is 0 Å². The molecule has 3 rings (SSSR count). The van der Waals surface area contributed by atoms with E-state index in [0.29, 0.717) is 0 Å². The van der Waals surface area contributed by atoms with Crippen LogP contribution in [0, 0.1) is 47.3 Å². The third-order valence-electron chi connectivity index (χ3n) is 7.73. The zero-order chi connectivity index (χ0) is 15.6. The molecule has 0 radical (unpaired) electrons. The van der Waals surface area contributed by atoms with Crippen LogP contribution < -0.4 is 0 Å². The van der Waals surface area contributed by atoms with Crippen LogP contribution in [0.4, 0.5) is 0 Å². The van der Waals surface area contributed by atoms with E-state index < -0.39 is 0 Å². The van der Waals surface area contributed by atoms with Crippen molar-refractivity contribution in [1.82, 2.24) is 0 Å². The summed E-state index contributed by atoms with van der Waals surface area (Å²) in [6.07, 6.45) is 23.2. The molecule has 0 aliphatic heterocycles. The molecule has 3 aliphatic carbocycles. The maximum atomic E-state index is 6.10. The van der Waals surface area contributed by atoms with Crippen molar-refractivity contribution in [3.63, 3.8) is 0 Å². The minimum absolute atomic E-state index is 0.276. The van der Waals surface area contributed by atoms with E-state index in [0.717, 1.165) is 29.6 Å². The molecule has 0 aromatic rings. The first kappa shape index (κ1) is 16.4. The van der Waals surface area contributed by atoms with Crippen LogP contribution in [0.5, 0.6) is 0 Å². The summed E-state index contributed by atoms with van der Waals surface area (Å²) in [6, 6.07) is 0. The van der Waals surface area contributed by atoms with Crippen molar-refractivity contribution in [1.29, 1.82) is 0 Å². The second-order valence-corrected chi connectivity index (χ2v) is 9.11. The molecule has 0 aromatic carbocycles. The van der Waals surface area contributed by atoms with Crippen molar-refractivity contribution in [3.05, 3.63) is 0 Å². The largest absolute Gasteiger partial charge is 0.120 e. The Morgan fingerprint density at radius 2 is 1.14 bits per heavy atom. The monoisotopic (exact) mass is 300 g/mol. The first-order chi connectivity index (χ1) is 10.6. The molecule has 0 spiro atoms. The Balaban J connectivity index is 1.56. The van der Waals surface area contributed by atoms with E-state index in [1.165, 1.54) is 77.0 Å². The van der Waals surface area contributed by atoms with Crippen LogP contribution >= 0.6 is 0 Å². The Morgan fingerprint density at radius 3 is 1.64 bits per heavy atom. The lowest BCUT2D eigenvalue weighted by atomic mass is 9.58. The molecule has 0 atom stereocenters. The third-order valence-corrected chi connectivity index (χ3v) is 7.73. The van der Waals surface area contributed by atoms with Crippen LogP contribution in [0.3, 0.4) is 0 Å². The van der Waals surface area contributed by atoms with Gasteiger partial charge < -0.3 is 0 Å². The normalized spacial score (nSPS) is 46.9. The van der Waals surface area contributed by atoms with E-state index in [9.17, 15) is 0 Å². The lowest BCUT2D eigenvalue weighted by molar-refractivity contribution is 0.0657. The molecular weight excluding hydrogens is 264 g/mol. The topological polar surface area (TPSA) is 0 Å². The van der Waals surface area contributed by atoms with Crippen LogP contribution in [-0.2, 0) is 0 Å². The van der Waals surface area contributed by atoms with E-state index in [4.69, 9.17) is 6.42 Å². The van der Waals surface area contributed by atoms with Crippen LogP contribution in [0.2, 0.25) is 0 Å². The number of rotatable bonds is 2. The number of hydrogen-bond acceptors (Lipinski definition) is 0. The predicted octanol–water partition coefficient (Wildman–Crippen LogP) is 6.45. The van der Waals surface area contributed by atoms with E-state index in [-0.39, 0.29) is 5.41 Å². The summed E-state index contributed by atoms with van der Waals surface area (Å²) >= 11 is 0. The van der Waals surface area contributed by atoms with Crippen molar-refractivity contribution >= 4 is 0 Å². The van der Waals surface area contributed by atoms with E-state index >= 15 is 0 Å². The lowest BCUT2D eigenvalue weighted by Gasteiger charge is -2.46. The van der Waals surface area contributed by atoms with Gasteiger partial charge in [0.05, 0.1) is 0 Å². The highest BCUT2D eigenvalue weighted by atomic mass is 14.5. The van der Waals surface area contributed by atoms with Gasteiger partial charge in [-0.05, 0) is 81.0 Å². The molecule has 3 saturated carbocycles. The smallest absolute Gasteiger partial charge is 0.0340 e. The average Bonchev–Trinajstić information content (AvgIpc) is 2.56. The summed E-state index contributed by atoms with van der Waals surface area (Å²) < 4.78 is 0. The fourth-order valence-electron chi connectivity index (χ4n) is 5.87. The summed E-state index contributed by atoms with van der Waals surface area (Å²) in [5.74, 6) is 8.11. The maximum absolute atomic E-state index is 6.10. The molecule has 0 amide bonds. The van der Waals surface area contributed by atoms with Crippen molar-refractivity contribution < 1.29 is 0 Å². The van der Waals surface area contributed by atoms with Gasteiger partial charge in [-0.3, -0.25) is 0 Å². The van der Waals surface area contributed by atoms with Gasteiger partial charge in [-0.1, -0.05) is 45.5 Å². The van der Waals surface area contributed by atoms with Gasteiger partial charge in [-0.25, -0.2) is 0 Å². The van der Waals surface area contributed by atoms with Gasteiger partial charge in [-0.15, -0.1) is 6.42 Å². The van der Waals surface area contributed by atoms with Gasteiger partial charge in [0, 0.05) is 5.41 Å². The lowest BCUT2D eigenvalue weighted by Crippen LogP contribution is -2.37. The van der Waals surface area contributed by atoms with Gasteiger partial charge in [-0.2, -0.15) is 0 Å². The zero-order valence-electron chi connectivity index (χ0n) is 14.9. The highest BCUT2D eigenvalue weighted by Gasteiger charge is 2.42. The maximum Gasteiger partial charge on any atom is 0.0340 e. The summed E-state index contributed by atoms with van der Waals surface area (Å²) in [6.45, 7) is 4.85. The molecule has 124 valence electrons. The Hall–Kier alpha value is -0.440. The van der Waals surface area contributed by atoms with Gasteiger partial charge >= 0.3 is 0 Å². The molecule has 0 saturated heterocycles. The molecule has 22 heavy (non-hydrogen) atoms. The quantitative estimate of drug-likeness (QED) is 0.514. The standard InChI is InChI=1S/C22H36/c1-4-22(21-11-7-18(3)8-12-21)15-13-20(14-16-22)19-9-5-17(2)6-10-19/h1,17-21H,5-16H2,2-3H3. The zero-order valence-corrected chi connectivity index (χ0v) is 14.9. The average molecular weight is 301 g/mol. The van der Waals surface area contributed by atoms with E-state index in [2.05, 4.69) is 19.8 Å². The fourth-order valence-corrected chi connectivity index (χ4v) is 5.87. The van der Waals surface area contributed by atoms with Crippen LogP contribution in [-0.4, -0.2) is 0 Å². The minimum atomic E-state index is 0.276. The number of terminal acetylenes is 1. The van der Waals surface area contributed by atoms with E-state index in [1.54, 1.807) is 0 Å². The van der Waals surface area contributed by atoms with Gasteiger partial charge in [0.15, 0.2) is 0 Å². The van der Waals surface area contributed by atoms with Crippen molar-refractivity contribution in [2.24, 2.45) is 35.0 Å². The highest BCUT2D eigenvalue weighted by molar-refractivity contribution is 5.11. The van der Waals surface area contributed by atoms with Crippen molar-refractivity contribution in [3.8, 4) is 12.3 Å². The van der Waals surface area contributed by atoms with E-state index in [1.807, 2.05) is 0 Å². The summed E-state index contributed by atoms with van der Waals surface area (Å²) in [5, 5.41) is 0. The van der Waals surface area contributed by atoms with Crippen LogP contribution in [0.1, 0.15) is 90.9 Å². The Kier molecular flexibility index (Phi) is 5.21. The summed E-state index contributed by atoms with van der Waals surface area (Å²) in [7, 11) is 0. The van der Waals surface area contributed by atoms with Crippen molar-refractivity contribution in [2.75, 3.05) is 0 Å². The fraction of sp³-hybridized carbons (Fsp3) is 0.909. The van der Waals surface area contributed by atoms with Crippen molar-refractivity contribution in [2.45, 2.75) is 90.9 Å².